The lowest BCUT2D eigenvalue weighted by Gasteiger charge is -2.14. The van der Waals surface area contributed by atoms with Crippen molar-refractivity contribution in [3.8, 4) is 29.0 Å². The van der Waals surface area contributed by atoms with Gasteiger partial charge >= 0.3 is 0 Å². The minimum Gasteiger partial charge on any atom is -0.437 e. The summed E-state index contributed by atoms with van der Waals surface area (Å²) in [5.41, 5.74) is 1.48. The number of para-hydroxylation sites is 1. The van der Waals surface area contributed by atoms with Crippen molar-refractivity contribution in [2.45, 2.75) is 24.3 Å². The van der Waals surface area contributed by atoms with Crippen molar-refractivity contribution >= 4 is 40.7 Å². The molecule has 1 aliphatic heterocycles. The number of aromatic nitrogens is 2. The topological polar surface area (TPSA) is 105 Å². The highest BCUT2D eigenvalue weighted by molar-refractivity contribution is 8.18. The summed E-state index contributed by atoms with van der Waals surface area (Å²) in [6.45, 7) is 3.97. The van der Waals surface area contributed by atoms with Crippen LogP contribution in [0.5, 0.6) is 11.6 Å². The van der Waals surface area contributed by atoms with Crippen LogP contribution in [0.4, 0.5) is 9.18 Å². The van der Waals surface area contributed by atoms with E-state index in [4.69, 9.17) is 4.74 Å². The third-order valence-corrected chi connectivity index (χ3v) is 6.16. The summed E-state index contributed by atoms with van der Waals surface area (Å²) in [7, 11) is 0. The van der Waals surface area contributed by atoms with Crippen molar-refractivity contribution in [3.05, 3.63) is 70.4 Å². The molecule has 2 heterocycles. The summed E-state index contributed by atoms with van der Waals surface area (Å²) in [6, 6.07) is 14.7. The molecular weight excluding hydrogens is 475 g/mol. The van der Waals surface area contributed by atoms with E-state index in [0.717, 1.165) is 11.8 Å². The van der Waals surface area contributed by atoms with Gasteiger partial charge in [-0.3, -0.25) is 14.9 Å². The predicted molar refractivity (Wildman–Crippen MR) is 129 cm³/mol. The summed E-state index contributed by atoms with van der Waals surface area (Å²) in [5, 5.41) is 12.3. The quantitative estimate of drug-likeness (QED) is 0.263. The summed E-state index contributed by atoms with van der Waals surface area (Å²) in [6.07, 6.45) is 1.54. The number of nitrogens with one attached hydrogen (secondary N) is 1. The highest BCUT2D eigenvalue weighted by Crippen LogP contribution is 2.36. The average molecular weight is 493 g/mol. The van der Waals surface area contributed by atoms with Crippen molar-refractivity contribution in [1.82, 2.24) is 15.3 Å². The maximum absolute atomic E-state index is 13.5. The Kier molecular flexibility index (Phi) is 6.95. The Labute approximate surface area is 203 Å². The fourth-order valence-electron chi connectivity index (χ4n) is 3.03. The summed E-state index contributed by atoms with van der Waals surface area (Å²) >= 11 is 2.19. The number of amides is 2. The van der Waals surface area contributed by atoms with E-state index >= 15 is 0 Å². The minimum atomic E-state index is -0.487. The van der Waals surface area contributed by atoms with Crippen LogP contribution >= 0.6 is 23.5 Å². The number of carbonyl (C=O) groups excluding carboxylic acids is 2. The molecule has 4 rings (SSSR count). The van der Waals surface area contributed by atoms with Gasteiger partial charge in [0.05, 0.1) is 10.6 Å². The van der Waals surface area contributed by atoms with Gasteiger partial charge in [0.1, 0.15) is 23.2 Å². The van der Waals surface area contributed by atoms with Gasteiger partial charge < -0.3 is 4.74 Å². The number of nitriles is 1. The van der Waals surface area contributed by atoms with Crippen LogP contribution in [-0.2, 0) is 4.79 Å². The number of nitrogens with zero attached hydrogens (tertiary/aromatic N) is 3. The van der Waals surface area contributed by atoms with Gasteiger partial charge in [0.15, 0.2) is 5.16 Å². The van der Waals surface area contributed by atoms with Crippen molar-refractivity contribution < 1.29 is 18.7 Å². The van der Waals surface area contributed by atoms with Crippen LogP contribution in [-0.4, -0.2) is 26.4 Å². The van der Waals surface area contributed by atoms with E-state index in [2.05, 4.69) is 21.4 Å². The van der Waals surface area contributed by atoms with E-state index in [0.29, 0.717) is 27.7 Å². The Morgan fingerprint density at radius 1 is 1.15 bits per heavy atom. The minimum absolute atomic E-state index is 0.0328. The number of carbonyl (C=O) groups is 2. The monoisotopic (exact) mass is 492 g/mol. The first kappa shape index (κ1) is 23.5. The van der Waals surface area contributed by atoms with Crippen LogP contribution < -0.4 is 10.1 Å². The third kappa shape index (κ3) is 5.27. The Balaban J connectivity index is 1.81. The van der Waals surface area contributed by atoms with Crippen molar-refractivity contribution in [1.29, 1.82) is 5.26 Å². The lowest BCUT2D eigenvalue weighted by molar-refractivity contribution is -0.115. The number of halogens is 1. The summed E-state index contributed by atoms with van der Waals surface area (Å²) in [5.74, 6) is -0.522. The normalized spacial score (nSPS) is 14.4. The Hall–Kier alpha value is -3.68. The first-order valence-electron chi connectivity index (χ1n) is 10.1. The molecule has 3 aromatic rings. The lowest BCUT2D eigenvalue weighted by Crippen LogP contribution is -2.17. The molecule has 0 aliphatic carbocycles. The number of benzene rings is 2. The molecule has 1 aromatic heterocycles. The first-order chi connectivity index (χ1) is 16.3. The molecule has 0 atom stereocenters. The molecule has 0 radical (unpaired) electrons. The second kappa shape index (κ2) is 10.1. The van der Waals surface area contributed by atoms with Crippen LogP contribution in [0, 0.1) is 17.1 Å². The van der Waals surface area contributed by atoms with Gasteiger partial charge in [0, 0.05) is 16.4 Å². The van der Waals surface area contributed by atoms with Crippen molar-refractivity contribution in [3.63, 3.8) is 0 Å². The van der Waals surface area contributed by atoms with Crippen molar-refractivity contribution in [2.75, 3.05) is 0 Å². The Morgan fingerprint density at radius 3 is 2.53 bits per heavy atom. The summed E-state index contributed by atoms with van der Waals surface area (Å²) in [4.78, 5) is 32.7. The standard InChI is InChI=1S/C24H17FN4O3S2/c1-13(2)33-23-27-20(14-7-9-16(25)10-8-14)17(12-26)22(29-23)32-18-6-4-3-5-15(18)11-19-21(30)28-24(31)34-19/h3-11,13H,1-2H3,(H,28,30,31)/b19-11+. The number of thioether (sulfide) groups is 2. The zero-order valence-corrected chi connectivity index (χ0v) is 19.7. The molecule has 1 aliphatic rings. The number of imide groups is 1. The van der Waals surface area contributed by atoms with Gasteiger partial charge in [0.25, 0.3) is 11.1 Å². The summed E-state index contributed by atoms with van der Waals surface area (Å²) < 4.78 is 19.6. The molecule has 0 saturated carbocycles. The molecule has 0 unspecified atom stereocenters. The number of hydrogen-bond acceptors (Lipinski definition) is 8. The van der Waals surface area contributed by atoms with Crippen LogP contribution in [0.3, 0.4) is 0 Å². The number of rotatable bonds is 6. The van der Waals surface area contributed by atoms with E-state index in [-0.39, 0.29) is 21.6 Å². The van der Waals surface area contributed by atoms with Crippen LogP contribution in [0.2, 0.25) is 0 Å². The van der Waals surface area contributed by atoms with Gasteiger partial charge in [-0.25, -0.2) is 9.37 Å². The molecule has 7 nitrogen and oxygen atoms in total. The molecule has 10 heteroatoms. The highest BCUT2D eigenvalue weighted by atomic mass is 32.2. The van der Waals surface area contributed by atoms with Gasteiger partial charge in [-0.1, -0.05) is 43.8 Å². The van der Waals surface area contributed by atoms with Gasteiger partial charge in [-0.05, 0) is 48.2 Å². The molecule has 1 N–H and O–H groups in total. The fraction of sp³-hybridized carbons (Fsp3) is 0.125. The second-order valence-electron chi connectivity index (χ2n) is 7.31. The van der Waals surface area contributed by atoms with Gasteiger partial charge in [-0.2, -0.15) is 10.2 Å². The average Bonchev–Trinajstić information content (AvgIpc) is 3.11. The van der Waals surface area contributed by atoms with Crippen molar-refractivity contribution in [2.24, 2.45) is 0 Å². The predicted octanol–water partition coefficient (Wildman–Crippen LogP) is 5.77. The molecule has 2 amide bonds. The number of hydrogen-bond donors (Lipinski definition) is 1. The Morgan fingerprint density at radius 2 is 1.88 bits per heavy atom. The zero-order valence-electron chi connectivity index (χ0n) is 18.0. The van der Waals surface area contributed by atoms with Crippen LogP contribution in [0.25, 0.3) is 17.3 Å². The first-order valence-corrected chi connectivity index (χ1v) is 11.8. The molecular formula is C24H17FN4O3S2. The van der Waals surface area contributed by atoms with E-state index in [1.54, 1.807) is 24.3 Å². The largest absolute Gasteiger partial charge is 0.437 e. The third-order valence-electron chi connectivity index (χ3n) is 4.48. The van der Waals surface area contributed by atoms with Gasteiger partial charge in [-0.15, -0.1) is 0 Å². The zero-order chi connectivity index (χ0) is 24.2. The smallest absolute Gasteiger partial charge is 0.290 e. The van der Waals surface area contributed by atoms with Crippen LogP contribution in [0.15, 0.2) is 58.6 Å². The molecule has 0 bridgehead atoms. The Bertz CT molecular complexity index is 1350. The molecule has 1 saturated heterocycles. The fourth-order valence-corrected chi connectivity index (χ4v) is 4.41. The second-order valence-corrected chi connectivity index (χ2v) is 9.87. The molecule has 2 aromatic carbocycles. The number of ether oxygens (including phenoxy) is 1. The van der Waals surface area contributed by atoms with E-state index < -0.39 is 17.0 Å². The van der Waals surface area contributed by atoms with E-state index in [1.165, 1.54) is 42.1 Å². The molecule has 0 spiro atoms. The molecule has 1 fully saturated rings. The van der Waals surface area contributed by atoms with E-state index in [9.17, 15) is 19.2 Å². The highest BCUT2D eigenvalue weighted by Gasteiger charge is 2.26. The maximum atomic E-state index is 13.5. The van der Waals surface area contributed by atoms with Crippen LogP contribution in [0.1, 0.15) is 25.0 Å². The SMILES string of the molecule is CC(C)Sc1nc(Oc2ccccc2/C=C2/SC(=O)NC2=O)c(C#N)c(-c2ccc(F)cc2)n1. The maximum Gasteiger partial charge on any atom is 0.290 e. The van der Waals surface area contributed by atoms with E-state index in [1.807, 2.05) is 13.8 Å². The van der Waals surface area contributed by atoms with Gasteiger partial charge in [0.2, 0.25) is 5.88 Å². The molecule has 34 heavy (non-hydrogen) atoms. The molecule has 170 valence electrons. The lowest BCUT2D eigenvalue weighted by atomic mass is 10.1.